The van der Waals surface area contributed by atoms with E-state index in [1.54, 1.807) is 0 Å². The summed E-state index contributed by atoms with van der Waals surface area (Å²) in [6.45, 7) is 0.780. The molecule has 0 spiro atoms. The molecule has 0 aliphatic rings. The van der Waals surface area contributed by atoms with Gasteiger partial charge in [0.15, 0.2) is 0 Å². The van der Waals surface area contributed by atoms with E-state index in [1.165, 1.54) is 5.56 Å². The molecule has 0 aliphatic carbocycles. The second-order valence-corrected chi connectivity index (χ2v) is 4.75. The van der Waals surface area contributed by atoms with E-state index in [-0.39, 0.29) is 0 Å². The molecule has 82 valence electrons. The second-order valence-electron chi connectivity index (χ2n) is 3.46. The van der Waals surface area contributed by atoms with Gasteiger partial charge in [0.2, 0.25) is 0 Å². The summed E-state index contributed by atoms with van der Waals surface area (Å²) in [6.07, 6.45) is 0. The van der Waals surface area contributed by atoms with Gasteiger partial charge in [0.1, 0.15) is 0 Å². The van der Waals surface area contributed by atoms with Crippen LogP contribution in [0.3, 0.4) is 0 Å². The maximum absolute atomic E-state index is 5.91. The number of anilines is 1. The van der Waals surface area contributed by atoms with Crippen LogP contribution in [0.15, 0.2) is 53.0 Å². The number of benzene rings is 2. The third-order valence-electron chi connectivity index (χ3n) is 2.27. The first kappa shape index (κ1) is 11.5. The summed E-state index contributed by atoms with van der Waals surface area (Å²) in [4.78, 5) is 0. The van der Waals surface area contributed by atoms with E-state index >= 15 is 0 Å². The van der Waals surface area contributed by atoms with Gasteiger partial charge in [-0.3, -0.25) is 0 Å². The summed E-state index contributed by atoms with van der Waals surface area (Å²) in [6, 6.07) is 15.9. The predicted molar refractivity (Wildman–Crippen MR) is 72.9 cm³/mol. The van der Waals surface area contributed by atoms with Crippen molar-refractivity contribution in [3.63, 3.8) is 0 Å². The van der Waals surface area contributed by atoms with E-state index < -0.39 is 0 Å². The molecule has 2 rings (SSSR count). The summed E-state index contributed by atoms with van der Waals surface area (Å²) in [5.74, 6) is 0. The van der Waals surface area contributed by atoms with Gasteiger partial charge in [-0.2, -0.15) is 0 Å². The quantitative estimate of drug-likeness (QED) is 0.864. The fourth-order valence-corrected chi connectivity index (χ4v) is 2.05. The van der Waals surface area contributed by atoms with E-state index in [1.807, 2.05) is 42.5 Å². The lowest BCUT2D eigenvalue weighted by Crippen LogP contribution is -1.99. The van der Waals surface area contributed by atoms with Crippen molar-refractivity contribution in [1.29, 1.82) is 0 Å². The first-order valence-electron chi connectivity index (χ1n) is 4.98. The molecule has 1 nitrogen and oxygen atoms in total. The van der Waals surface area contributed by atoms with Gasteiger partial charge < -0.3 is 5.32 Å². The Morgan fingerprint density at radius 1 is 1.06 bits per heavy atom. The van der Waals surface area contributed by atoms with Crippen molar-refractivity contribution in [2.75, 3.05) is 5.32 Å². The summed E-state index contributed by atoms with van der Waals surface area (Å²) < 4.78 is 1.12. The van der Waals surface area contributed by atoms with E-state index in [0.717, 1.165) is 21.7 Å². The number of rotatable bonds is 3. The van der Waals surface area contributed by atoms with Gasteiger partial charge in [-0.1, -0.05) is 51.8 Å². The minimum Gasteiger partial charge on any atom is -0.381 e. The number of hydrogen-bond donors (Lipinski definition) is 1. The van der Waals surface area contributed by atoms with E-state index in [2.05, 4.69) is 27.3 Å². The van der Waals surface area contributed by atoms with Gasteiger partial charge in [-0.15, -0.1) is 0 Å². The lowest BCUT2D eigenvalue weighted by molar-refractivity contribution is 1.14. The fraction of sp³-hybridized carbons (Fsp3) is 0.0769. The first-order chi connectivity index (χ1) is 7.75. The number of hydrogen-bond acceptors (Lipinski definition) is 1. The zero-order valence-corrected chi connectivity index (χ0v) is 10.9. The van der Waals surface area contributed by atoms with Crippen molar-refractivity contribution in [1.82, 2.24) is 0 Å². The number of nitrogens with one attached hydrogen (secondary N) is 1. The molecule has 0 aromatic heterocycles. The van der Waals surface area contributed by atoms with E-state index in [9.17, 15) is 0 Å². The van der Waals surface area contributed by atoms with Crippen LogP contribution in [0.1, 0.15) is 5.56 Å². The van der Waals surface area contributed by atoms with Crippen LogP contribution in [0.4, 0.5) is 5.69 Å². The van der Waals surface area contributed by atoms with Crippen LogP contribution >= 0.6 is 27.5 Å². The summed E-state index contributed by atoms with van der Waals surface area (Å²) >= 11 is 9.43. The Balaban J connectivity index is 2.05. The predicted octanol–water partition coefficient (Wildman–Crippen LogP) is 4.71. The van der Waals surface area contributed by atoms with Gasteiger partial charge in [0.05, 0.1) is 0 Å². The lowest BCUT2D eigenvalue weighted by Gasteiger charge is -2.08. The summed E-state index contributed by atoms with van der Waals surface area (Å²) in [5.41, 5.74) is 2.26. The SMILES string of the molecule is Clc1cccc(NCc2ccccc2Br)c1. The van der Waals surface area contributed by atoms with Crippen molar-refractivity contribution < 1.29 is 0 Å². The Labute approximate surface area is 109 Å². The number of halogens is 2. The molecule has 0 atom stereocenters. The van der Waals surface area contributed by atoms with Gasteiger partial charge in [-0.25, -0.2) is 0 Å². The highest BCUT2D eigenvalue weighted by molar-refractivity contribution is 9.10. The van der Waals surface area contributed by atoms with Crippen molar-refractivity contribution in [2.45, 2.75) is 6.54 Å². The smallest absolute Gasteiger partial charge is 0.0426 e. The molecule has 0 aliphatic heterocycles. The van der Waals surface area contributed by atoms with Gasteiger partial charge in [0.25, 0.3) is 0 Å². The highest BCUT2D eigenvalue weighted by atomic mass is 79.9. The molecule has 2 aromatic rings. The van der Waals surface area contributed by atoms with Crippen LogP contribution in [-0.4, -0.2) is 0 Å². The van der Waals surface area contributed by atoms with E-state index in [0.29, 0.717) is 0 Å². The third-order valence-corrected chi connectivity index (χ3v) is 3.27. The van der Waals surface area contributed by atoms with Crippen molar-refractivity contribution in [3.05, 3.63) is 63.6 Å². The van der Waals surface area contributed by atoms with Crippen LogP contribution in [0.25, 0.3) is 0 Å². The molecular formula is C13H11BrClN. The topological polar surface area (TPSA) is 12.0 Å². The van der Waals surface area contributed by atoms with Crippen LogP contribution in [-0.2, 0) is 6.54 Å². The largest absolute Gasteiger partial charge is 0.381 e. The van der Waals surface area contributed by atoms with Crippen LogP contribution < -0.4 is 5.32 Å². The van der Waals surface area contributed by atoms with Crippen molar-refractivity contribution in [3.8, 4) is 0 Å². The molecule has 3 heteroatoms. The van der Waals surface area contributed by atoms with Gasteiger partial charge in [0, 0.05) is 21.7 Å². The monoisotopic (exact) mass is 295 g/mol. The summed E-state index contributed by atoms with van der Waals surface area (Å²) in [5, 5.41) is 4.08. The third kappa shape index (κ3) is 3.00. The average molecular weight is 297 g/mol. The normalized spacial score (nSPS) is 10.1. The molecule has 0 heterocycles. The van der Waals surface area contributed by atoms with Crippen molar-refractivity contribution in [2.24, 2.45) is 0 Å². The van der Waals surface area contributed by atoms with Crippen LogP contribution in [0.5, 0.6) is 0 Å². The molecule has 0 saturated heterocycles. The second kappa shape index (κ2) is 5.37. The van der Waals surface area contributed by atoms with Crippen LogP contribution in [0, 0.1) is 0 Å². The molecule has 0 radical (unpaired) electrons. The molecular weight excluding hydrogens is 286 g/mol. The maximum Gasteiger partial charge on any atom is 0.0426 e. The molecule has 2 aromatic carbocycles. The lowest BCUT2D eigenvalue weighted by atomic mass is 10.2. The van der Waals surface area contributed by atoms with Gasteiger partial charge in [-0.05, 0) is 29.8 Å². The maximum atomic E-state index is 5.91. The molecule has 0 amide bonds. The Morgan fingerprint density at radius 2 is 1.88 bits per heavy atom. The van der Waals surface area contributed by atoms with Crippen molar-refractivity contribution >= 4 is 33.2 Å². The van der Waals surface area contributed by atoms with Gasteiger partial charge >= 0.3 is 0 Å². The first-order valence-corrected chi connectivity index (χ1v) is 6.15. The Kier molecular flexibility index (Phi) is 3.86. The molecule has 0 unspecified atom stereocenters. The standard InChI is InChI=1S/C13H11BrClN/c14-13-7-2-1-4-10(13)9-16-12-6-3-5-11(15)8-12/h1-8,16H,9H2. The zero-order chi connectivity index (χ0) is 11.4. The Bertz CT molecular complexity index is 485. The minimum absolute atomic E-state index is 0.747. The molecule has 16 heavy (non-hydrogen) atoms. The highest BCUT2D eigenvalue weighted by Crippen LogP contribution is 2.19. The van der Waals surface area contributed by atoms with Crippen LogP contribution in [0.2, 0.25) is 5.02 Å². The average Bonchev–Trinajstić information content (AvgIpc) is 2.28. The van der Waals surface area contributed by atoms with E-state index in [4.69, 9.17) is 11.6 Å². The highest BCUT2D eigenvalue weighted by Gasteiger charge is 1.98. The minimum atomic E-state index is 0.747. The fourth-order valence-electron chi connectivity index (χ4n) is 1.44. The zero-order valence-electron chi connectivity index (χ0n) is 8.58. The summed E-state index contributed by atoms with van der Waals surface area (Å²) in [7, 11) is 0. The molecule has 0 saturated carbocycles. The molecule has 0 bridgehead atoms. The molecule has 1 N–H and O–H groups in total. The Hall–Kier alpha value is -0.990. The molecule has 0 fully saturated rings. The Morgan fingerprint density at radius 3 is 2.62 bits per heavy atom.